The molecule has 0 aromatic rings. The maximum Gasteiger partial charge on any atom is 0.139 e. The van der Waals surface area contributed by atoms with Crippen LogP contribution in [0.3, 0.4) is 0 Å². The van der Waals surface area contributed by atoms with Gasteiger partial charge >= 0.3 is 0 Å². The highest BCUT2D eigenvalue weighted by Crippen LogP contribution is 2.64. The van der Waals surface area contributed by atoms with Gasteiger partial charge < -0.3 is 5.73 Å². The lowest BCUT2D eigenvalue weighted by molar-refractivity contribution is -0.132. The summed E-state index contributed by atoms with van der Waals surface area (Å²) < 4.78 is 0. The van der Waals surface area contributed by atoms with E-state index in [2.05, 4.69) is 32.1 Å². The Morgan fingerprint density at radius 2 is 1.85 bits per heavy atom. The average molecular weight is 356 g/mol. The molecule has 0 spiro atoms. The monoisotopic (exact) mass is 355 g/mol. The Hall–Kier alpha value is -0.890. The number of fused-ring (bicyclic) bond motifs is 5. The quantitative estimate of drug-likeness (QED) is 0.540. The first-order valence-electron chi connectivity index (χ1n) is 11.1. The highest BCUT2D eigenvalue weighted by Gasteiger charge is 2.58. The lowest BCUT2D eigenvalue weighted by Gasteiger charge is -2.57. The SMILES string of the molecule is C[C@]12CC[C@H](C=CCCCN)C=C1CCC1C2CC[C@]2(C)C(=O)CCC12. The van der Waals surface area contributed by atoms with Gasteiger partial charge in [0.1, 0.15) is 5.78 Å². The normalized spacial score (nSPS) is 45.2. The van der Waals surface area contributed by atoms with Gasteiger partial charge in [-0.25, -0.2) is 0 Å². The molecule has 3 unspecified atom stereocenters. The van der Waals surface area contributed by atoms with E-state index in [9.17, 15) is 4.79 Å². The van der Waals surface area contributed by atoms with E-state index in [-0.39, 0.29) is 5.41 Å². The van der Waals surface area contributed by atoms with E-state index >= 15 is 0 Å². The standard InChI is InChI=1S/C24H37NO/c1-23-13-11-17(6-4-3-5-15-25)16-18(23)7-8-19-20-9-10-22(26)24(20,2)14-12-21(19)23/h4,6,16-17,19-21H,3,5,7-15,25H2,1-2H3/t17-,19?,20?,21?,23-,24-/m0/s1. The van der Waals surface area contributed by atoms with Crippen LogP contribution in [0.15, 0.2) is 23.8 Å². The minimum atomic E-state index is 0.0156. The molecule has 0 bridgehead atoms. The van der Waals surface area contributed by atoms with Gasteiger partial charge in [0.25, 0.3) is 0 Å². The van der Waals surface area contributed by atoms with Gasteiger partial charge in [-0.05, 0) is 93.4 Å². The first-order chi connectivity index (χ1) is 12.5. The Kier molecular flexibility index (Phi) is 4.92. The minimum Gasteiger partial charge on any atom is -0.330 e. The van der Waals surface area contributed by atoms with Crippen molar-refractivity contribution in [2.75, 3.05) is 6.54 Å². The Balaban J connectivity index is 1.52. The maximum atomic E-state index is 12.5. The molecule has 0 aliphatic heterocycles. The molecule has 3 saturated carbocycles. The van der Waals surface area contributed by atoms with Gasteiger partial charge in [0.2, 0.25) is 0 Å². The average Bonchev–Trinajstić information content (AvgIpc) is 2.94. The molecule has 0 aromatic carbocycles. The molecule has 26 heavy (non-hydrogen) atoms. The number of nitrogens with two attached hydrogens (primary N) is 1. The van der Waals surface area contributed by atoms with Crippen LogP contribution in [0.4, 0.5) is 0 Å². The number of ketones is 1. The molecule has 0 amide bonds. The van der Waals surface area contributed by atoms with Crippen LogP contribution in [-0.2, 0) is 4.79 Å². The second-order valence-electron chi connectivity index (χ2n) is 10.0. The second kappa shape index (κ2) is 6.93. The predicted octanol–water partition coefficient (Wildman–Crippen LogP) is 5.43. The highest BCUT2D eigenvalue weighted by molar-refractivity contribution is 5.87. The van der Waals surface area contributed by atoms with Crippen molar-refractivity contribution in [3.8, 4) is 0 Å². The summed E-state index contributed by atoms with van der Waals surface area (Å²) >= 11 is 0. The molecule has 2 N–H and O–H groups in total. The first kappa shape index (κ1) is 18.5. The summed E-state index contributed by atoms with van der Waals surface area (Å²) in [4.78, 5) is 12.5. The van der Waals surface area contributed by atoms with Crippen LogP contribution in [0, 0.1) is 34.5 Å². The summed E-state index contributed by atoms with van der Waals surface area (Å²) in [7, 11) is 0. The molecule has 144 valence electrons. The molecule has 4 aliphatic carbocycles. The van der Waals surface area contributed by atoms with E-state index in [1.807, 2.05) is 0 Å². The number of hydrogen-bond acceptors (Lipinski definition) is 2. The van der Waals surface area contributed by atoms with Crippen molar-refractivity contribution in [2.24, 2.45) is 40.2 Å². The van der Waals surface area contributed by atoms with Gasteiger partial charge in [-0.1, -0.05) is 37.6 Å². The molecular formula is C24H37NO. The number of rotatable bonds is 4. The zero-order valence-electron chi connectivity index (χ0n) is 16.8. The van der Waals surface area contributed by atoms with Gasteiger partial charge in [-0.2, -0.15) is 0 Å². The molecule has 0 heterocycles. The molecule has 2 nitrogen and oxygen atoms in total. The fourth-order valence-electron chi connectivity index (χ4n) is 7.18. The number of carbonyl (C=O) groups excluding carboxylic acids is 1. The van der Waals surface area contributed by atoms with Crippen molar-refractivity contribution in [2.45, 2.75) is 78.1 Å². The summed E-state index contributed by atoms with van der Waals surface area (Å²) in [5.41, 5.74) is 7.76. The van der Waals surface area contributed by atoms with Gasteiger partial charge in [-0.3, -0.25) is 4.79 Å². The first-order valence-corrected chi connectivity index (χ1v) is 11.1. The van der Waals surface area contributed by atoms with Crippen LogP contribution in [0.25, 0.3) is 0 Å². The zero-order valence-corrected chi connectivity index (χ0v) is 16.8. The minimum absolute atomic E-state index is 0.0156. The molecule has 4 rings (SSSR count). The van der Waals surface area contributed by atoms with Crippen molar-refractivity contribution in [1.29, 1.82) is 0 Å². The van der Waals surface area contributed by atoms with E-state index in [1.165, 1.54) is 32.1 Å². The van der Waals surface area contributed by atoms with Crippen LogP contribution in [-0.4, -0.2) is 12.3 Å². The van der Waals surface area contributed by atoms with Gasteiger partial charge in [0, 0.05) is 11.8 Å². The van der Waals surface area contributed by atoms with Crippen molar-refractivity contribution in [3.63, 3.8) is 0 Å². The Morgan fingerprint density at radius 1 is 1.08 bits per heavy atom. The summed E-state index contributed by atoms with van der Waals surface area (Å²) in [6.45, 7) is 5.64. The Morgan fingerprint density at radius 3 is 2.65 bits per heavy atom. The van der Waals surface area contributed by atoms with Crippen LogP contribution < -0.4 is 5.73 Å². The van der Waals surface area contributed by atoms with Crippen LogP contribution in [0.5, 0.6) is 0 Å². The molecule has 2 heteroatoms. The number of allylic oxidation sites excluding steroid dienone is 4. The molecule has 4 aliphatic rings. The smallest absolute Gasteiger partial charge is 0.139 e. The highest BCUT2D eigenvalue weighted by atomic mass is 16.1. The fraction of sp³-hybridized carbons (Fsp3) is 0.792. The van der Waals surface area contributed by atoms with Crippen LogP contribution in [0.2, 0.25) is 0 Å². The second-order valence-corrected chi connectivity index (χ2v) is 10.0. The molecule has 0 saturated heterocycles. The molecule has 6 atom stereocenters. The van der Waals surface area contributed by atoms with E-state index in [4.69, 9.17) is 5.73 Å². The summed E-state index contributed by atoms with van der Waals surface area (Å²) in [5.74, 6) is 3.47. The van der Waals surface area contributed by atoms with E-state index < -0.39 is 0 Å². The molecule has 3 fully saturated rings. The van der Waals surface area contributed by atoms with Crippen LogP contribution in [0.1, 0.15) is 78.1 Å². The third kappa shape index (κ3) is 2.84. The molecule has 0 radical (unpaired) electrons. The van der Waals surface area contributed by atoms with Crippen molar-refractivity contribution in [3.05, 3.63) is 23.8 Å². The van der Waals surface area contributed by atoms with Crippen molar-refractivity contribution < 1.29 is 4.79 Å². The zero-order chi connectivity index (χ0) is 18.4. The topological polar surface area (TPSA) is 43.1 Å². The number of hydrogen-bond donors (Lipinski definition) is 1. The summed E-state index contributed by atoms with van der Waals surface area (Å²) in [6, 6.07) is 0. The van der Waals surface area contributed by atoms with E-state index in [0.717, 1.165) is 50.5 Å². The predicted molar refractivity (Wildman–Crippen MR) is 108 cm³/mol. The van der Waals surface area contributed by atoms with E-state index in [0.29, 0.717) is 23.0 Å². The lowest BCUT2D eigenvalue weighted by Crippen LogP contribution is -2.50. The largest absolute Gasteiger partial charge is 0.330 e. The Labute approximate surface area is 159 Å². The lowest BCUT2D eigenvalue weighted by atomic mass is 9.47. The fourth-order valence-corrected chi connectivity index (χ4v) is 7.18. The van der Waals surface area contributed by atoms with Crippen molar-refractivity contribution >= 4 is 5.78 Å². The number of unbranched alkanes of at least 4 members (excludes halogenated alkanes) is 1. The molecular weight excluding hydrogens is 318 g/mol. The van der Waals surface area contributed by atoms with Gasteiger partial charge in [0.15, 0.2) is 0 Å². The Bertz CT molecular complexity index is 620. The molecule has 0 aromatic heterocycles. The summed E-state index contributed by atoms with van der Waals surface area (Å²) in [5, 5.41) is 0. The third-order valence-electron chi connectivity index (χ3n) is 8.82. The number of carbonyl (C=O) groups is 1. The van der Waals surface area contributed by atoms with Gasteiger partial charge in [-0.15, -0.1) is 0 Å². The van der Waals surface area contributed by atoms with Crippen LogP contribution >= 0.6 is 0 Å². The number of Topliss-reactive ketones (excluding diaryl/α,β-unsaturated/α-hetero) is 1. The maximum absolute atomic E-state index is 12.5. The summed E-state index contributed by atoms with van der Waals surface area (Å²) in [6.07, 6.45) is 19.3. The van der Waals surface area contributed by atoms with Crippen molar-refractivity contribution in [1.82, 2.24) is 0 Å². The third-order valence-corrected chi connectivity index (χ3v) is 8.82. The van der Waals surface area contributed by atoms with Gasteiger partial charge in [0.05, 0.1) is 0 Å². The van der Waals surface area contributed by atoms with E-state index in [1.54, 1.807) is 5.57 Å².